The van der Waals surface area contributed by atoms with Crippen molar-refractivity contribution in [3.63, 3.8) is 0 Å². The molecule has 4 heterocycles. The normalized spacial score (nSPS) is 14.5. The molecular formula is C28H26F3N7O3. The quantitative estimate of drug-likeness (QED) is 0.271. The number of hydrogen-bond acceptors (Lipinski definition) is 8. The Kier molecular flexibility index (Phi) is 6.70. The zero-order chi connectivity index (χ0) is 28.9. The van der Waals surface area contributed by atoms with Crippen molar-refractivity contribution in [1.82, 2.24) is 34.5 Å². The van der Waals surface area contributed by atoms with Crippen LogP contribution in [0.25, 0.3) is 33.8 Å². The van der Waals surface area contributed by atoms with Crippen LogP contribution in [-0.4, -0.2) is 53.8 Å². The fraction of sp³-hybridized carbons (Fsp3) is 0.321. The Hall–Kier alpha value is -4.36. The van der Waals surface area contributed by atoms with Crippen LogP contribution in [0.15, 0.2) is 43.0 Å². The molecule has 1 fully saturated rings. The average Bonchev–Trinajstić information content (AvgIpc) is 3.64. The van der Waals surface area contributed by atoms with Gasteiger partial charge in [0, 0.05) is 43.1 Å². The number of ether oxygens (including phenoxy) is 2. The third-order valence-corrected chi connectivity index (χ3v) is 7.09. The van der Waals surface area contributed by atoms with Crippen LogP contribution in [0.1, 0.15) is 53.1 Å². The zero-order valence-electron chi connectivity index (χ0n) is 22.4. The predicted octanol–water partition coefficient (Wildman–Crippen LogP) is 4.95. The number of imidazole rings is 1. The van der Waals surface area contributed by atoms with Gasteiger partial charge in [-0.15, -0.1) is 0 Å². The van der Waals surface area contributed by atoms with E-state index in [-0.39, 0.29) is 18.3 Å². The Morgan fingerprint density at radius 1 is 1.10 bits per heavy atom. The molecule has 1 aliphatic carbocycles. The largest absolute Gasteiger partial charge is 0.480 e. The highest BCUT2D eigenvalue weighted by molar-refractivity contribution is 5.83. The van der Waals surface area contributed by atoms with Gasteiger partial charge in [0.05, 0.1) is 36.6 Å². The summed E-state index contributed by atoms with van der Waals surface area (Å²) in [5, 5.41) is 11.6. The van der Waals surface area contributed by atoms with E-state index in [1.54, 1.807) is 37.6 Å². The Morgan fingerprint density at radius 2 is 1.85 bits per heavy atom. The second-order valence-corrected chi connectivity index (χ2v) is 9.91. The predicted molar refractivity (Wildman–Crippen MR) is 142 cm³/mol. The van der Waals surface area contributed by atoms with Gasteiger partial charge >= 0.3 is 6.18 Å². The molecule has 0 aliphatic heterocycles. The third kappa shape index (κ3) is 4.91. The molecule has 212 valence electrons. The summed E-state index contributed by atoms with van der Waals surface area (Å²) in [6.07, 6.45) is 0.387. The average molecular weight is 566 g/mol. The molecule has 4 aromatic heterocycles. The van der Waals surface area contributed by atoms with Crippen molar-refractivity contribution in [2.75, 3.05) is 14.2 Å². The van der Waals surface area contributed by atoms with Crippen LogP contribution >= 0.6 is 0 Å². The number of nitrogens with one attached hydrogen (secondary N) is 1. The number of H-pyrrole nitrogens is 1. The standard InChI is InChI=1S/C28H26F3N7O3/c1-38-11-19(28(29,30)31)36-26(38)16-8-6-15(7-9-16)24(39)20-18(12-40-2)35-17-10-32-25(37-23(17)20)21-22(14-4-5-14)33-13-34-27(21)41-3/h6-11,13-14,24,35,39H,4-5,12H2,1-3H3. The number of aliphatic hydroxyl groups excluding tert-OH is 1. The molecule has 1 aromatic carbocycles. The Morgan fingerprint density at radius 3 is 2.49 bits per heavy atom. The van der Waals surface area contributed by atoms with Crippen molar-refractivity contribution in [1.29, 1.82) is 0 Å². The van der Waals surface area contributed by atoms with Crippen molar-refractivity contribution in [2.45, 2.75) is 37.6 Å². The molecule has 41 heavy (non-hydrogen) atoms. The van der Waals surface area contributed by atoms with Gasteiger partial charge in [0.15, 0.2) is 11.5 Å². The second-order valence-electron chi connectivity index (χ2n) is 9.91. The Bertz CT molecular complexity index is 1730. The summed E-state index contributed by atoms with van der Waals surface area (Å²) in [6, 6.07) is 6.55. The maximum absolute atomic E-state index is 13.1. The van der Waals surface area contributed by atoms with Gasteiger partial charge in [-0.05, 0) is 18.4 Å². The van der Waals surface area contributed by atoms with E-state index in [1.165, 1.54) is 25.1 Å². The number of halogens is 3. The van der Waals surface area contributed by atoms with Crippen LogP contribution in [0.4, 0.5) is 13.2 Å². The highest BCUT2D eigenvalue weighted by atomic mass is 19.4. The van der Waals surface area contributed by atoms with Crippen LogP contribution in [0.2, 0.25) is 0 Å². The van der Waals surface area contributed by atoms with Crippen LogP contribution in [0.5, 0.6) is 5.88 Å². The van der Waals surface area contributed by atoms with Crippen molar-refractivity contribution in [3.05, 3.63) is 71.2 Å². The summed E-state index contributed by atoms with van der Waals surface area (Å²) in [5.41, 5.74) is 3.66. The first-order valence-electron chi connectivity index (χ1n) is 12.8. The molecule has 1 atom stereocenters. The van der Waals surface area contributed by atoms with Gasteiger partial charge in [-0.25, -0.2) is 24.9 Å². The van der Waals surface area contributed by atoms with Crippen molar-refractivity contribution < 1.29 is 27.8 Å². The fourth-order valence-corrected chi connectivity index (χ4v) is 4.99. The molecular weight excluding hydrogens is 539 g/mol. The molecule has 0 saturated heterocycles. The number of methoxy groups -OCH3 is 2. The molecule has 0 amide bonds. The maximum atomic E-state index is 13.1. The lowest BCUT2D eigenvalue weighted by Gasteiger charge is -2.14. The number of nitrogens with zero attached hydrogens (tertiary/aromatic N) is 6. The van der Waals surface area contributed by atoms with Gasteiger partial charge in [-0.1, -0.05) is 24.3 Å². The minimum Gasteiger partial charge on any atom is -0.480 e. The molecule has 2 N–H and O–H groups in total. The van der Waals surface area contributed by atoms with E-state index >= 15 is 0 Å². The molecule has 0 spiro atoms. The van der Waals surface area contributed by atoms with Crippen LogP contribution in [0, 0.1) is 0 Å². The van der Waals surface area contributed by atoms with E-state index < -0.39 is 18.0 Å². The van der Waals surface area contributed by atoms with E-state index in [1.807, 2.05) is 0 Å². The summed E-state index contributed by atoms with van der Waals surface area (Å²) < 4.78 is 51.7. The highest BCUT2D eigenvalue weighted by Crippen LogP contribution is 2.45. The molecule has 0 radical (unpaired) electrons. The molecule has 10 nitrogen and oxygen atoms in total. The van der Waals surface area contributed by atoms with Crippen molar-refractivity contribution in [3.8, 4) is 28.7 Å². The van der Waals surface area contributed by atoms with Gasteiger partial charge in [0.2, 0.25) is 5.88 Å². The van der Waals surface area contributed by atoms with Gasteiger partial charge in [-0.3, -0.25) is 0 Å². The topological polar surface area (TPSA) is 124 Å². The van der Waals surface area contributed by atoms with Crippen LogP contribution in [-0.2, 0) is 24.6 Å². The maximum Gasteiger partial charge on any atom is 0.434 e. The monoisotopic (exact) mass is 565 g/mol. The first-order chi connectivity index (χ1) is 19.7. The van der Waals surface area contributed by atoms with Crippen LogP contribution in [0.3, 0.4) is 0 Å². The number of aromatic nitrogens is 7. The van der Waals surface area contributed by atoms with Crippen molar-refractivity contribution >= 4 is 11.0 Å². The van der Waals surface area contributed by atoms with E-state index in [0.29, 0.717) is 50.7 Å². The molecule has 1 aliphatic rings. The SMILES string of the molecule is COCc1[nH]c2cnc(-c3c(OC)ncnc3C3CC3)nc2c1C(O)c1ccc(-c2nc(C(F)(F)F)cn2C)cc1. The lowest BCUT2D eigenvalue weighted by molar-refractivity contribution is -0.140. The number of aliphatic hydroxyl groups is 1. The highest BCUT2D eigenvalue weighted by Gasteiger charge is 2.35. The van der Waals surface area contributed by atoms with E-state index in [0.717, 1.165) is 24.7 Å². The Balaban J connectivity index is 1.41. The first kappa shape index (κ1) is 26.8. The number of aryl methyl sites for hydroxylation is 1. The first-order valence-corrected chi connectivity index (χ1v) is 12.8. The van der Waals surface area contributed by atoms with Gasteiger partial charge in [0.25, 0.3) is 0 Å². The Labute approximate surface area is 232 Å². The number of alkyl halides is 3. The molecule has 13 heteroatoms. The minimum atomic E-state index is -4.55. The lowest BCUT2D eigenvalue weighted by atomic mass is 9.99. The molecule has 1 saturated carbocycles. The summed E-state index contributed by atoms with van der Waals surface area (Å²) >= 11 is 0. The van der Waals surface area contributed by atoms with E-state index in [4.69, 9.17) is 14.5 Å². The van der Waals surface area contributed by atoms with E-state index in [2.05, 4.69) is 24.9 Å². The molecule has 6 rings (SSSR count). The van der Waals surface area contributed by atoms with Gasteiger partial charge < -0.3 is 24.1 Å². The smallest absolute Gasteiger partial charge is 0.434 e. The summed E-state index contributed by atoms with van der Waals surface area (Å²) in [5.74, 6) is 1.19. The summed E-state index contributed by atoms with van der Waals surface area (Å²) in [6.45, 7) is 0.175. The number of rotatable bonds is 8. The summed E-state index contributed by atoms with van der Waals surface area (Å²) in [4.78, 5) is 25.1. The van der Waals surface area contributed by atoms with E-state index in [9.17, 15) is 18.3 Å². The van der Waals surface area contributed by atoms with Gasteiger partial charge in [0.1, 0.15) is 23.8 Å². The summed E-state index contributed by atoms with van der Waals surface area (Å²) in [7, 11) is 4.58. The number of benzene rings is 1. The molecule has 0 bridgehead atoms. The lowest BCUT2D eigenvalue weighted by Crippen LogP contribution is -2.05. The fourth-order valence-electron chi connectivity index (χ4n) is 4.99. The van der Waals surface area contributed by atoms with Crippen molar-refractivity contribution in [2.24, 2.45) is 7.05 Å². The molecule has 5 aromatic rings. The third-order valence-electron chi connectivity index (χ3n) is 7.09. The zero-order valence-corrected chi connectivity index (χ0v) is 22.4. The number of hydrogen-bond donors (Lipinski definition) is 2. The van der Waals surface area contributed by atoms with Crippen LogP contribution < -0.4 is 4.74 Å². The minimum absolute atomic E-state index is 0.161. The second kappa shape index (κ2) is 10.2. The number of aromatic amines is 1. The van der Waals surface area contributed by atoms with Gasteiger partial charge in [-0.2, -0.15) is 13.2 Å². The number of fused-ring (bicyclic) bond motifs is 1. The molecule has 1 unspecified atom stereocenters.